The molecule has 0 aliphatic heterocycles. The van der Waals surface area contributed by atoms with Crippen molar-refractivity contribution in [3.05, 3.63) is 34.4 Å². The van der Waals surface area contributed by atoms with Gasteiger partial charge in [0, 0.05) is 25.7 Å². The number of likely N-dealkylation sites (N-methyl/N-ethyl adjacent to an activating group) is 1. The normalized spacial score (nSPS) is 10.3. The lowest BCUT2D eigenvalue weighted by Crippen LogP contribution is -3.00. The SMILES string of the molecule is CN(C)CCNCCOCCOc1ccccc1[N+](=O)[O-].[Cl-]. The van der Waals surface area contributed by atoms with Gasteiger partial charge >= 0.3 is 5.69 Å². The smallest absolute Gasteiger partial charge is 0.310 e. The Morgan fingerprint density at radius 3 is 2.59 bits per heavy atom. The van der Waals surface area contributed by atoms with Crippen LogP contribution in [0.1, 0.15) is 0 Å². The quantitative estimate of drug-likeness (QED) is 0.291. The van der Waals surface area contributed by atoms with Crippen molar-refractivity contribution >= 4 is 5.69 Å². The molecule has 22 heavy (non-hydrogen) atoms. The van der Waals surface area contributed by atoms with Crippen LogP contribution in [0.15, 0.2) is 24.3 Å². The lowest BCUT2D eigenvalue weighted by Gasteiger charge is -2.10. The summed E-state index contributed by atoms with van der Waals surface area (Å²) in [5.41, 5.74) is -0.0251. The molecule has 1 aromatic rings. The maximum atomic E-state index is 10.8. The fraction of sp³-hybridized carbons (Fsp3) is 0.571. The fourth-order valence-corrected chi connectivity index (χ4v) is 1.61. The van der Waals surface area contributed by atoms with Gasteiger partial charge in [-0.1, -0.05) is 12.1 Å². The zero-order valence-electron chi connectivity index (χ0n) is 13.0. The first kappa shape index (κ1) is 20.6. The van der Waals surface area contributed by atoms with Crippen LogP contribution in [-0.4, -0.2) is 63.4 Å². The van der Waals surface area contributed by atoms with Gasteiger partial charge in [0.2, 0.25) is 0 Å². The number of nitro groups is 1. The largest absolute Gasteiger partial charge is 1.00 e. The van der Waals surface area contributed by atoms with Crippen molar-refractivity contribution in [1.29, 1.82) is 0 Å². The van der Waals surface area contributed by atoms with Crippen LogP contribution in [-0.2, 0) is 4.74 Å². The third-order valence-electron chi connectivity index (χ3n) is 2.71. The molecule has 126 valence electrons. The highest BCUT2D eigenvalue weighted by Gasteiger charge is 2.12. The van der Waals surface area contributed by atoms with Crippen LogP contribution in [0.3, 0.4) is 0 Å². The molecule has 0 saturated heterocycles. The van der Waals surface area contributed by atoms with Crippen LogP contribution in [0.2, 0.25) is 0 Å². The molecule has 0 bridgehead atoms. The van der Waals surface area contributed by atoms with Crippen LogP contribution >= 0.6 is 0 Å². The zero-order chi connectivity index (χ0) is 15.5. The molecule has 0 aliphatic carbocycles. The molecule has 0 atom stereocenters. The van der Waals surface area contributed by atoms with Crippen LogP contribution < -0.4 is 22.5 Å². The van der Waals surface area contributed by atoms with E-state index in [1.54, 1.807) is 18.2 Å². The Hall–Kier alpha value is -1.41. The van der Waals surface area contributed by atoms with Crippen LogP contribution in [0.5, 0.6) is 5.75 Å². The minimum atomic E-state index is -0.454. The molecule has 8 heteroatoms. The van der Waals surface area contributed by atoms with Crippen molar-refractivity contribution in [1.82, 2.24) is 10.2 Å². The second kappa shape index (κ2) is 12.2. The van der Waals surface area contributed by atoms with E-state index in [9.17, 15) is 10.1 Å². The molecule has 0 fully saturated rings. The Bertz CT molecular complexity index is 432. The van der Waals surface area contributed by atoms with Crippen molar-refractivity contribution in [3.8, 4) is 5.75 Å². The first-order valence-corrected chi connectivity index (χ1v) is 6.90. The Morgan fingerprint density at radius 2 is 1.91 bits per heavy atom. The van der Waals surface area contributed by atoms with E-state index >= 15 is 0 Å². The van der Waals surface area contributed by atoms with Gasteiger partial charge in [-0.25, -0.2) is 0 Å². The first-order chi connectivity index (χ1) is 10.1. The predicted octanol–water partition coefficient (Wildman–Crippen LogP) is -1.85. The zero-order valence-corrected chi connectivity index (χ0v) is 13.7. The van der Waals surface area contributed by atoms with Crippen molar-refractivity contribution < 1.29 is 26.8 Å². The molecule has 0 saturated carbocycles. The van der Waals surface area contributed by atoms with Crippen molar-refractivity contribution in [2.45, 2.75) is 0 Å². The first-order valence-electron chi connectivity index (χ1n) is 6.90. The topological polar surface area (TPSA) is 76.9 Å². The van der Waals surface area contributed by atoms with Crippen molar-refractivity contribution in [2.24, 2.45) is 0 Å². The summed E-state index contributed by atoms with van der Waals surface area (Å²) in [6.07, 6.45) is 0. The van der Waals surface area contributed by atoms with E-state index in [1.807, 2.05) is 14.1 Å². The van der Waals surface area contributed by atoms with Crippen LogP contribution in [0.4, 0.5) is 5.69 Å². The average Bonchev–Trinajstić information content (AvgIpc) is 2.45. The number of nitrogens with zero attached hydrogens (tertiary/aromatic N) is 2. The maximum absolute atomic E-state index is 10.8. The minimum Gasteiger partial charge on any atom is -1.00 e. The summed E-state index contributed by atoms with van der Waals surface area (Å²) in [6.45, 7) is 3.97. The van der Waals surface area contributed by atoms with Crippen molar-refractivity contribution in [2.75, 3.05) is 53.6 Å². The number of para-hydroxylation sites is 2. The van der Waals surface area contributed by atoms with E-state index in [1.165, 1.54) is 6.07 Å². The molecule has 1 rings (SSSR count). The van der Waals surface area contributed by atoms with Crippen LogP contribution in [0.25, 0.3) is 0 Å². The molecule has 0 unspecified atom stereocenters. The third kappa shape index (κ3) is 8.78. The molecule has 0 heterocycles. The van der Waals surface area contributed by atoms with E-state index in [0.717, 1.165) is 19.6 Å². The summed E-state index contributed by atoms with van der Waals surface area (Å²) in [5, 5.41) is 14.0. The number of benzene rings is 1. The number of rotatable bonds is 11. The minimum absolute atomic E-state index is 0. The maximum Gasteiger partial charge on any atom is 0.310 e. The van der Waals surface area contributed by atoms with E-state index in [-0.39, 0.29) is 23.8 Å². The second-order valence-electron chi connectivity index (χ2n) is 4.74. The Balaban J connectivity index is 0.00000441. The lowest BCUT2D eigenvalue weighted by atomic mass is 10.3. The third-order valence-corrected chi connectivity index (χ3v) is 2.71. The Kier molecular flexibility index (Phi) is 11.4. The molecule has 0 radical (unpaired) electrons. The molecule has 0 amide bonds. The van der Waals surface area contributed by atoms with Gasteiger partial charge in [0.15, 0.2) is 5.75 Å². The van der Waals surface area contributed by atoms with Gasteiger partial charge in [-0.05, 0) is 20.2 Å². The highest BCUT2D eigenvalue weighted by Crippen LogP contribution is 2.25. The van der Waals surface area contributed by atoms with E-state index in [2.05, 4.69) is 10.2 Å². The van der Waals surface area contributed by atoms with E-state index < -0.39 is 4.92 Å². The summed E-state index contributed by atoms with van der Waals surface area (Å²) >= 11 is 0. The van der Waals surface area contributed by atoms with Gasteiger partial charge in [-0.2, -0.15) is 0 Å². The number of hydrogen-bond donors (Lipinski definition) is 1. The van der Waals surface area contributed by atoms with Crippen molar-refractivity contribution in [3.63, 3.8) is 0 Å². The highest BCUT2D eigenvalue weighted by molar-refractivity contribution is 5.45. The fourth-order valence-electron chi connectivity index (χ4n) is 1.61. The van der Waals surface area contributed by atoms with Gasteiger partial charge in [-0.15, -0.1) is 0 Å². The van der Waals surface area contributed by atoms with Gasteiger partial charge < -0.3 is 32.1 Å². The number of ether oxygens (including phenoxy) is 2. The van der Waals surface area contributed by atoms with Gasteiger partial charge in [0.25, 0.3) is 0 Å². The lowest BCUT2D eigenvalue weighted by molar-refractivity contribution is -0.385. The molecular weight excluding hydrogens is 310 g/mol. The average molecular weight is 333 g/mol. The molecule has 0 spiro atoms. The monoisotopic (exact) mass is 332 g/mol. The predicted molar refractivity (Wildman–Crippen MR) is 80.8 cm³/mol. The van der Waals surface area contributed by atoms with Gasteiger partial charge in [-0.3, -0.25) is 10.1 Å². The Labute approximate surface area is 137 Å². The second-order valence-corrected chi connectivity index (χ2v) is 4.74. The summed E-state index contributed by atoms with van der Waals surface area (Å²) in [7, 11) is 4.05. The van der Waals surface area contributed by atoms with E-state index in [4.69, 9.17) is 9.47 Å². The molecule has 0 aromatic heterocycles. The Morgan fingerprint density at radius 1 is 1.18 bits per heavy atom. The summed E-state index contributed by atoms with van der Waals surface area (Å²) in [5.74, 6) is 0.273. The standard InChI is InChI=1S/C14H23N3O4.ClH/c1-16(2)9-7-15-8-10-20-11-12-21-14-6-4-3-5-13(14)17(18)19;/h3-6,15H,7-12H2,1-2H3;1H/p-1. The van der Waals surface area contributed by atoms with Crippen LogP contribution in [0, 0.1) is 10.1 Å². The molecule has 0 aliphatic rings. The number of nitro benzene ring substituents is 1. The summed E-state index contributed by atoms with van der Waals surface area (Å²) in [6, 6.07) is 6.32. The molecule has 1 aromatic carbocycles. The molecule has 7 nitrogen and oxygen atoms in total. The number of hydrogen-bond acceptors (Lipinski definition) is 6. The number of halogens is 1. The summed E-state index contributed by atoms with van der Waals surface area (Å²) < 4.78 is 10.8. The van der Waals surface area contributed by atoms with E-state index in [0.29, 0.717) is 19.8 Å². The highest BCUT2D eigenvalue weighted by atomic mass is 35.5. The summed E-state index contributed by atoms with van der Waals surface area (Å²) in [4.78, 5) is 12.4. The van der Waals surface area contributed by atoms with Gasteiger partial charge in [0.1, 0.15) is 6.61 Å². The number of nitrogens with one attached hydrogen (secondary N) is 1. The molecular formula is C14H23ClN3O4-. The van der Waals surface area contributed by atoms with Gasteiger partial charge in [0.05, 0.1) is 18.1 Å². The molecule has 1 N–H and O–H groups in total.